The van der Waals surface area contributed by atoms with Crippen molar-refractivity contribution in [3.05, 3.63) is 28.8 Å². The zero-order valence-electron chi connectivity index (χ0n) is 13.9. The molecule has 4 atom stereocenters. The minimum atomic E-state index is -0.505. The van der Waals surface area contributed by atoms with Crippen LogP contribution in [0.1, 0.15) is 29.6 Å². The summed E-state index contributed by atoms with van der Waals surface area (Å²) in [5.41, 5.74) is 0.0631. The number of nitrogens with zero attached hydrogens (tertiary/aromatic N) is 1. The lowest BCUT2D eigenvalue weighted by Gasteiger charge is -2.37. The molecule has 0 aromatic heterocycles. The van der Waals surface area contributed by atoms with E-state index in [2.05, 4.69) is 0 Å². The second kappa shape index (κ2) is 5.45. The van der Waals surface area contributed by atoms with E-state index < -0.39 is 5.60 Å². The standard InChI is InChI=1S/C19H20ClNO4/c20-11-1-2-15-13(9-11)14(22)10-19(25-15)4-3-12-16(17(12)19)18(23)21-5-7-24-8-6-21/h1-2,9,12,16-17H,3-8,10H2/t12-,16-,17-,19-/m1/s1. The van der Waals surface area contributed by atoms with Crippen LogP contribution in [0.2, 0.25) is 5.02 Å². The molecule has 1 spiro atoms. The van der Waals surface area contributed by atoms with Gasteiger partial charge in [0.2, 0.25) is 5.91 Å². The van der Waals surface area contributed by atoms with Gasteiger partial charge in [0.15, 0.2) is 5.78 Å². The number of halogens is 1. The number of carbonyl (C=O) groups excluding carboxylic acids is 2. The van der Waals surface area contributed by atoms with Gasteiger partial charge in [0.25, 0.3) is 0 Å². The number of hydrogen-bond donors (Lipinski definition) is 0. The third-order valence-corrected chi connectivity index (χ3v) is 6.53. The topological polar surface area (TPSA) is 55.8 Å². The molecular weight excluding hydrogens is 342 g/mol. The van der Waals surface area contributed by atoms with Gasteiger partial charge in [-0.15, -0.1) is 0 Å². The summed E-state index contributed by atoms with van der Waals surface area (Å²) < 4.78 is 11.7. The lowest BCUT2D eigenvalue weighted by atomic mass is 9.84. The molecule has 4 aliphatic rings. The van der Waals surface area contributed by atoms with Crippen LogP contribution in [0, 0.1) is 17.8 Å². The molecule has 2 heterocycles. The van der Waals surface area contributed by atoms with Gasteiger partial charge in [0.1, 0.15) is 11.4 Å². The lowest BCUT2D eigenvalue weighted by Crippen LogP contribution is -2.46. The van der Waals surface area contributed by atoms with Crippen molar-refractivity contribution in [2.24, 2.45) is 17.8 Å². The van der Waals surface area contributed by atoms with Crippen molar-refractivity contribution < 1.29 is 19.1 Å². The summed E-state index contributed by atoms with van der Waals surface area (Å²) in [7, 11) is 0. The summed E-state index contributed by atoms with van der Waals surface area (Å²) in [6, 6.07) is 5.22. The van der Waals surface area contributed by atoms with E-state index in [9.17, 15) is 9.59 Å². The highest BCUT2D eigenvalue weighted by molar-refractivity contribution is 6.31. The highest BCUT2D eigenvalue weighted by atomic mass is 35.5. The average Bonchev–Trinajstić information content (AvgIpc) is 3.27. The van der Waals surface area contributed by atoms with Crippen molar-refractivity contribution in [2.75, 3.05) is 26.3 Å². The largest absolute Gasteiger partial charge is 0.486 e. The molecule has 5 nitrogen and oxygen atoms in total. The van der Waals surface area contributed by atoms with Crippen molar-refractivity contribution in [3.63, 3.8) is 0 Å². The Labute approximate surface area is 151 Å². The molecule has 2 aliphatic heterocycles. The molecule has 1 aromatic carbocycles. The van der Waals surface area contributed by atoms with Gasteiger partial charge < -0.3 is 14.4 Å². The molecule has 132 valence electrons. The zero-order valence-corrected chi connectivity index (χ0v) is 14.6. The zero-order chi connectivity index (χ0) is 17.2. The molecule has 1 saturated heterocycles. The van der Waals surface area contributed by atoms with E-state index in [1.165, 1.54) is 0 Å². The molecular formula is C19H20ClNO4. The Morgan fingerprint density at radius 3 is 2.88 bits per heavy atom. The van der Waals surface area contributed by atoms with Gasteiger partial charge in [0, 0.05) is 29.9 Å². The third-order valence-electron chi connectivity index (χ3n) is 6.30. The Bertz CT molecular complexity index is 760. The second-order valence-corrected chi connectivity index (χ2v) is 8.04. The van der Waals surface area contributed by atoms with Crippen LogP contribution in [0.15, 0.2) is 18.2 Å². The summed E-state index contributed by atoms with van der Waals surface area (Å²) in [5, 5.41) is 0.544. The SMILES string of the molecule is O=C1C[C@@]2(CC[C@@H]3[C@@H](C(=O)N4CCOCC4)[C@@H]32)Oc2ccc(Cl)cc21. The van der Waals surface area contributed by atoms with Crippen molar-refractivity contribution in [3.8, 4) is 5.75 Å². The van der Waals surface area contributed by atoms with E-state index in [0.29, 0.717) is 55.0 Å². The maximum absolute atomic E-state index is 12.9. The average molecular weight is 362 g/mol. The van der Waals surface area contributed by atoms with Gasteiger partial charge in [-0.3, -0.25) is 9.59 Å². The predicted octanol–water partition coefficient (Wildman–Crippen LogP) is 2.56. The fourth-order valence-corrected chi connectivity index (χ4v) is 5.29. The maximum Gasteiger partial charge on any atom is 0.226 e. The number of fused-ring (bicyclic) bond motifs is 3. The Morgan fingerprint density at radius 2 is 2.08 bits per heavy atom. The fourth-order valence-electron chi connectivity index (χ4n) is 5.12. The van der Waals surface area contributed by atoms with Crippen LogP contribution in [0.3, 0.4) is 0 Å². The first kappa shape index (κ1) is 15.6. The Hall–Kier alpha value is -1.59. The van der Waals surface area contributed by atoms with Crippen LogP contribution >= 0.6 is 11.6 Å². The monoisotopic (exact) mass is 361 g/mol. The minimum Gasteiger partial charge on any atom is -0.486 e. The predicted molar refractivity (Wildman–Crippen MR) is 90.9 cm³/mol. The minimum absolute atomic E-state index is 0.00787. The molecule has 2 aliphatic carbocycles. The number of Topliss-reactive ketones (excluding diaryl/α,β-unsaturated/α-hetero) is 1. The number of morpholine rings is 1. The van der Waals surface area contributed by atoms with Crippen molar-refractivity contribution in [1.29, 1.82) is 0 Å². The highest BCUT2D eigenvalue weighted by Gasteiger charge is 2.71. The first-order chi connectivity index (χ1) is 12.1. The van der Waals surface area contributed by atoms with Gasteiger partial charge in [-0.05, 0) is 37.0 Å². The molecule has 3 fully saturated rings. The number of benzene rings is 1. The van der Waals surface area contributed by atoms with E-state index in [0.717, 1.165) is 12.8 Å². The molecule has 0 unspecified atom stereocenters. The number of carbonyl (C=O) groups is 2. The molecule has 2 saturated carbocycles. The summed E-state index contributed by atoms with van der Waals surface area (Å²) in [5.74, 6) is 1.44. The van der Waals surface area contributed by atoms with E-state index >= 15 is 0 Å². The molecule has 1 amide bonds. The first-order valence-corrected chi connectivity index (χ1v) is 9.35. The smallest absolute Gasteiger partial charge is 0.226 e. The molecule has 5 rings (SSSR count). The highest BCUT2D eigenvalue weighted by Crippen LogP contribution is 2.66. The van der Waals surface area contributed by atoms with Crippen LogP contribution in [-0.2, 0) is 9.53 Å². The van der Waals surface area contributed by atoms with E-state index in [-0.39, 0.29) is 23.5 Å². The number of ketones is 1. The van der Waals surface area contributed by atoms with E-state index in [1.807, 2.05) is 4.90 Å². The van der Waals surface area contributed by atoms with Crippen LogP contribution in [0.5, 0.6) is 5.75 Å². The first-order valence-electron chi connectivity index (χ1n) is 8.97. The van der Waals surface area contributed by atoms with Crippen LogP contribution in [0.4, 0.5) is 0 Å². The number of rotatable bonds is 1. The van der Waals surface area contributed by atoms with Gasteiger partial charge in [-0.25, -0.2) is 0 Å². The lowest BCUT2D eigenvalue weighted by molar-refractivity contribution is -0.138. The van der Waals surface area contributed by atoms with E-state index in [1.54, 1.807) is 18.2 Å². The Kier molecular flexibility index (Phi) is 3.41. The van der Waals surface area contributed by atoms with Crippen molar-refractivity contribution >= 4 is 23.3 Å². The van der Waals surface area contributed by atoms with Gasteiger partial charge >= 0.3 is 0 Å². The normalized spacial score (nSPS) is 36.0. The molecule has 0 N–H and O–H groups in total. The number of amides is 1. The van der Waals surface area contributed by atoms with Crippen LogP contribution in [0.25, 0.3) is 0 Å². The van der Waals surface area contributed by atoms with Gasteiger partial charge in [-0.1, -0.05) is 11.6 Å². The van der Waals surface area contributed by atoms with E-state index in [4.69, 9.17) is 21.1 Å². The molecule has 25 heavy (non-hydrogen) atoms. The number of ether oxygens (including phenoxy) is 2. The fraction of sp³-hybridized carbons (Fsp3) is 0.579. The second-order valence-electron chi connectivity index (χ2n) is 7.60. The molecule has 0 radical (unpaired) electrons. The van der Waals surface area contributed by atoms with Gasteiger partial charge in [0.05, 0.1) is 25.2 Å². The van der Waals surface area contributed by atoms with Crippen molar-refractivity contribution in [1.82, 2.24) is 4.90 Å². The summed E-state index contributed by atoms with van der Waals surface area (Å²) in [6.07, 6.45) is 2.17. The third kappa shape index (κ3) is 2.32. The van der Waals surface area contributed by atoms with Crippen LogP contribution < -0.4 is 4.74 Å². The Morgan fingerprint density at radius 1 is 1.28 bits per heavy atom. The summed E-state index contributed by atoms with van der Waals surface area (Å²) in [6.45, 7) is 2.57. The summed E-state index contributed by atoms with van der Waals surface area (Å²) >= 11 is 6.01. The van der Waals surface area contributed by atoms with Crippen LogP contribution in [-0.4, -0.2) is 48.5 Å². The number of hydrogen-bond acceptors (Lipinski definition) is 4. The Balaban J connectivity index is 1.39. The molecule has 1 aromatic rings. The maximum atomic E-state index is 12.9. The quantitative estimate of drug-likeness (QED) is 0.771. The summed E-state index contributed by atoms with van der Waals surface area (Å²) in [4.78, 5) is 27.5. The van der Waals surface area contributed by atoms with Crippen molar-refractivity contribution in [2.45, 2.75) is 24.9 Å². The molecule has 6 heteroatoms. The molecule has 0 bridgehead atoms. The van der Waals surface area contributed by atoms with Gasteiger partial charge in [-0.2, -0.15) is 0 Å².